The maximum atomic E-state index is 13.5. The summed E-state index contributed by atoms with van der Waals surface area (Å²) in [4.78, 5) is -0.593. The lowest BCUT2D eigenvalue weighted by atomic mass is 10.3. The van der Waals surface area contributed by atoms with Crippen LogP contribution in [0.3, 0.4) is 0 Å². The average Bonchev–Trinajstić information content (AvgIpc) is 2.70. The summed E-state index contributed by atoms with van der Waals surface area (Å²) in [7, 11) is -4.04. The van der Waals surface area contributed by atoms with Gasteiger partial charge >= 0.3 is 0 Å². The van der Waals surface area contributed by atoms with Crippen molar-refractivity contribution in [2.24, 2.45) is 0 Å². The molecule has 1 aliphatic heterocycles. The van der Waals surface area contributed by atoms with Gasteiger partial charge in [-0.3, -0.25) is 0 Å². The molecule has 18 heavy (non-hydrogen) atoms. The van der Waals surface area contributed by atoms with E-state index in [-0.39, 0.29) is 17.6 Å². The minimum atomic E-state index is -4.04. The summed E-state index contributed by atoms with van der Waals surface area (Å²) >= 11 is 2.82. The number of halogens is 3. The van der Waals surface area contributed by atoms with Gasteiger partial charge < -0.3 is 5.11 Å². The molecule has 1 heterocycles. The summed E-state index contributed by atoms with van der Waals surface area (Å²) < 4.78 is 51.7. The monoisotopic (exact) mass is 341 g/mol. The van der Waals surface area contributed by atoms with Crippen LogP contribution in [0.1, 0.15) is 6.42 Å². The molecule has 0 radical (unpaired) electrons. The van der Waals surface area contributed by atoms with Crippen molar-refractivity contribution >= 4 is 26.0 Å². The molecule has 4 nitrogen and oxygen atoms in total. The van der Waals surface area contributed by atoms with Crippen LogP contribution >= 0.6 is 15.9 Å². The second-order valence-corrected chi connectivity index (χ2v) is 6.76. The topological polar surface area (TPSA) is 57.6 Å². The first kappa shape index (κ1) is 13.9. The minimum absolute atomic E-state index is 0.0726. The zero-order valence-corrected chi connectivity index (χ0v) is 11.5. The fourth-order valence-electron chi connectivity index (χ4n) is 1.77. The molecule has 1 atom stereocenters. The van der Waals surface area contributed by atoms with Gasteiger partial charge in [0.15, 0.2) is 0 Å². The summed E-state index contributed by atoms with van der Waals surface area (Å²) in [6.07, 6.45) is -0.435. The van der Waals surface area contributed by atoms with Gasteiger partial charge in [0.2, 0.25) is 10.0 Å². The first-order valence-electron chi connectivity index (χ1n) is 5.15. The largest absolute Gasteiger partial charge is 0.392 e. The van der Waals surface area contributed by atoms with Gasteiger partial charge in [-0.2, -0.15) is 4.31 Å². The highest BCUT2D eigenvalue weighted by Gasteiger charge is 2.33. The average molecular weight is 342 g/mol. The molecule has 1 aromatic rings. The Labute approximate surface area is 111 Å². The standard InChI is InChI=1S/C10H10BrF2NO3S/c11-7-3-10(9(13)4-8(7)12)18(16,17)14-2-1-6(15)5-14/h3-4,6,15H,1-2,5H2/t6-/m0/s1. The molecule has 0 aliphatic carbocycles. The molecule has 1 saturated heterocycles. The predicted molar refractivity (Wildman–Crippen MR) is 63.4 cm³/mol. The smallest absolute Gasteiger partial charge is 0.246 e. The Hall–Kier alpha value is -0.570. The van der Waals surface area contributed by atoms with Crippen molar-refractivity contribution in [3.63, 3.8) is 0 Å². The Morgan fingerprint density at radius 3 is 2.56 bits per heavy atom. The third kappa shape index (κ3) is 2.42. The number of nitrogens with zero attached hydrogens (tertiary/aromatic N) is 1. The van der Waals surface area contributed by atoms with Crippen LogP contribution in [0.4, 0.5) is 8.78 Å². The van der Waals surface area contributed by atoms with Crippen LogP contribution in [-0.2, 0) is 10.0 Å². The van der Waals surface area contributed by atoms with Crippen molar-refractivity contribution < 1.29 is 22.3 Å². The summed E-state index contributed by atoms with van der Waals surface area (Å²) in [5.74, 6) is -2.01. The molecule has 0 saturated carbocycles. The van der Waals surface area contributed by atoms with Crippen molar-refractivity contribution in [3.8, 4) is 0 Å². The highest BCUT2D eigenvalue weighted by Crippen LogP contribution is 2.27. The van der Waals surface area contributed by atoms with Crippen molar-refractivity contribution in [2.75, 3.05) is 13.1 Å². The molecular formula is C10H10BrF2NO3S. The molecule has 1 fully saturated rings. The SMILES string of the molecule is O=S(=O)(c1cc(Br)c(F)cc1F)N1CC[C@H](O)C1. The Balaban J connectivity index is 2.45. The Kier molecular flexibility index (Phi) is 3.72. The van der Waals surface area contributed by atoms with E-state index < -0.39 is 32.7 Å². The van der Waals surface area contributed by atoms with Crippen LogP contribution in [0.2, 0.25) is 0 Å². The van der Waals surface area contributed by atoms with Crippen molar-refractivity contribution in [2.45, 2.75) is 17.4 Å². The quantitative estimate of drug-likeness (QED) is 0.829. The molecule has 100 valence electrons. The molecule has 0 bridgehead atoms. The summed E-state index contributed by atoms with van der Waals surface area (Å²) in [5, 5.41) is 9.31. The maximum Gasteiger partial charge on any atom is 0.246 e. The van der Waals surface area contributed by atoms with Crippen molar-refractivity contribution in [1.82, 2.24) is 4.31 Å². The number of aliphatic hydroxyl groups is 1. The van der Waals surface area contributed by atoms with Gasteiger partial charge in [-0.1, -0.05) is 0 Å². The van der Waals surface area contributed by atoms with Crippen LogP contribution < -0.4 is 0 Å². The van der Waals surface area contributed by atoms with E-state index in [1.807, 2.05) is 0 Å². The van der Waals surface area contributed by atoms with Crippen LogP contribution in [0.25, 0.3) is 0 Å². The number of aliphatic hydroxyl groups excluding tert-OH is 1. The van der Waals surface area contributed by atoms with E-state index in [1.165, 1.54) is 0 Å². The van der Waals surface area contributed by atoms with Gasteiger partial charge in [-0.05, 0) is 28.4 Å². The Morgan fingerprint density at radius 2 is 2.00 bits per heavy atom. The van der Waals surface area contributed by atoms with Crippen molar-refractivity contribution in [3.05, 3.63) is 28.2 Å². The minimum Gasteiger partial charge on any atom is -0.392 e. The predicted octanol–water partition coefficient (Wildman–Crippen LogP) is 1.48. The second-order valence-electron chi connectivity index (χ2n) is 4.00. The summed E-state index contributed by atoms with van der Waals surface area (Å²) in [6, 6.07) is 1.41. The highest BCUT2D eigenvalue weighted by atomic mass is 79.9. The highest BCUT2D eigenvalue weighted by molar-refractivity contribution is 9.10. The lowest BCUT2D eigenvalue weighted by Gasteiger charge is -2.16. The lowest BCUT2D eigenvalue weighted by Crippen LogP contribution is -2.30. The van der Waals surface area contributed by atoms with Crippen LogP contribution in [-0.4, -0.2) is 37.0 Å². The fraction of sp³-hybridized carbons (Fsp3) is 0.400. The molecule has 0 spiro atoms. The number of sulfonamides is 1. The van der Waals surface area contributed by atoms with Crippen LogP contribution in [0.5, 0.6) is 0 Å². The number of hydrogen-bond acceptors (Lipinski definition) is 3. The van der Waals surface area contributed by atoms with E-state index in [1.54, 1.807) is 0 Å². The number of β-amino-alcohol motifs (C(OH)–C–C–N with tert-alkyl or cyclic N) is 1. The van der Waals surface area contributed by atoms with Gasteiger partial charge in [-0.25, -0.2) is 17.2 Å². The maximum absolute atomic E-state index is 13.5. The first-order chi connectivity index (χ1) is 8.32. The van der Waals surface area contributed by atoms with Gasteiger partial charge in [0, 0.05) is 19.2 Å². The summed E-state index contributed by atoms with van der Waals surface area (Å²) in [5.41, 5.74) is 0. The normalized spacial score (nSPS) is 21.4. The zero-order chi connectivity index (χ0) is 13.5. The second kappa shape index (κ2) is 4.84. The third-order valence-corrected chi connectivity index (χ3v) is 5.21. The van der Waals surface area contributed by atoms with E-state index in [9.17, 15) is 22.3 Å². The van der Waals surface area contributed by atoms with Gasteiger partial charge in [0.05, 0.1) is 10.6 Å². The fourth-order valence-corrected chi connectivity index (χ4v) is 3.83. The van der Waals surface area contributed by atoms with Gasteiger partial charge in [0.1, 0.15) is 16.5 Å². The lowest BCUT2D eigenvalue weighted by molar-refractivity contribution is 0.189. The van der Waals surface area contributed by atoms with E-state index >= 15 is 0 Å². The molecule has 0 aromatic heterocycles. The van der Waals surface area contributed by atoms with E-state index in [0.717, 1.165) is 10.4 Å². The zero-order valence-electron chi connectivity index (χ0n) is 9.11. The van der Waals surface area contributed by atoms with Gasteiger partial charge in [0.25, 0.3) is 0 Å². The molecule has 8 heteroatoms. The summed E-state index contributed by atoms with van der Waals surface area (Å²) in [6.45, 7) is 0.0503. The van der Waals surface area contributed by atoms with Crippen LogP contribution in [0, 0.1) is 11.6 Å². The number of hydrogen-bond donors (Lipinski definition) is 1. The number of rotatable bonds is 2. The molecule has 2 rings (SSSR count). The van der Waals surface area contributed by atoms with E-state index in [0.29, 0.717) is 12.5 Å². The number of benzene rings is 1. The molecular weight excluding hydrogens is 332 g/mol. The van der Waals surface area contributed by atoms with Crippen LogP contribution in [0.15, 0.2) is 21.5 Å². The molecule has 1 aliphatic rings. The molecule has 1 N–H and O–H groups in total. The van der Waals surface area contributed by atoms with Crippen molar-refractivity contribution in [1.29, 1.82) is 0 Å². The first-order valence-corrected chi connectivity index (χ1v) is 7.38. The van der Waals surface area contributed by atoms with E-state index in [2.05, 4.69) is 15.9 Å². The Morgan fingerprint density at radius 1 is 1.33 bits per heavy atom. The third-order valence-electron chi connectivity index (χ3n) is 2.72. The molecule has 1 aromatic carbocycles. The molecule has 0 unspecified atom stereocenters. The Bertz CT molecular complexity index is 579. The van der Waals surface area contributed by atoms with Gasteiger partial charge in [-0.15, -0.1) is 0 Å². The molecule has 0 amide bonds. The van der Waals surface area contributed by atoms with E-state index in [4.69, 9.17) is 0 Å².